The van der Waals surface area contributed by atoms with Gasteiger partial charge in [0.05, 0.1) is 12.1 Å². The molecule has 0 spiro atoms. The standard InChI is InChI=1S/C21H28N4O2/c1-14-22-20(24-23-14)19-12-18(27-2)13-25(19)21(26)17-10-8-16(9-11-17)15-6-4-3-5-7-15/h3-7,16-19H,8-13H2,1-2H3,(H,22,23,24)/t16?,17?,18-,19+/m1/s1. The first kappa shape index (κ1) is 18.2. The third-order valence-corrected chi connectivity index (χ3v) is 6.14. The van der Waals surface area contributed by atoms with Crippen LogP contribution < -0.4 is 0 Å². The first-order valence-electron chi connectivity index (χ1n) is 9.92. The van der Waals surface area contributed by atoms with Gasteiger partial charge in [0, 0.05) is 26.0 Å². The van der Waals surface area contributed by atoms with E-state index < -0.39 is 0 Å². The minimum atomic E-state index is -0.0840. The second-order valence-electron chi connectivity index (χ2n) is 7.84. The van der Waals surface area contributed by atoms with E-state index in [1.165, 1.54) is 5.56 Å². The molecule has 1 aliphatic heterocycles. The molecule has 27 heavy (non-hydrogen) atoms. The molecule has 1 saturated carbocycles. The maximum atomic E-state index is 13.3. The van der Waals surface area contributed by atoms with Crippen LogP contribution in [0.1, 0.15) is 61.3 Å². The minimum Gasteiger partial charge on any atom is -0.380 e. The molecule has 0 radical (unpaired) electrons. The van der Waals surface area contributed by atoms with Crippen molar-refractivity contribution in [3.63, 3.8) is 0 Å². The van der Waals surface area contributed by atoms with E-state index in [1.807, 2.05) is 11.8 Å². The summed E-state index contributed by atoms with van der Waals surface area (Å²) in [5, 5.41) is 7.21. The number of benzene rings is 1. The lowest BCUT2D eigenvalue weighted by Crippen LogP contribution is -2.38. The fourth-order valence-electron chi connectivity index (χ4n) is 4.60. The Labute approximate surface area is 160 Å². The highest BCUT2D eigenvalue weighted by Gasteiger charge is 2.41. The Kier molecular flexibility index (Phi) is 5.25. The largest absolute Gasteiger partial charge is 0.380 e. The molecule has 1 N–H and O–H groups in total. The quantitative estimate of drug-likeness (QED) is 0.898. The van der Waals surface area contributed by atoms with Crippen LogP contribution in [-0.2, 0) is 9.53 Å². The van der Waals surface area contributed by atoms with E-state index in [-0.39, 0.29) is 24.0 Å². The monoisotopic (exact) mass is 368 g/mol. The molecule has 0 bridgehead atoms. The van der Waals surface area contributed by atoms with Crippen LogP contribution >= 0.6 is 0 Å². The van der Waals surface area contributed by atoms with E-state index in [2.05, 4.69) is 45.5 Å². The molecule has 2 fully saturated rings. The van der Waals surface area contributed by atoms with E-state index >= 15 is 0 Å². The molecule has 1 aliphatic carbocycles. The molecule has 1 aromatic heterocycles. The van der Waals surface area contributed by atoms with Crippen molar-refractivity contribution in [3.05, 3.63) is 47.5 Å². The molecular formula is C21H28N4O2. The number of H-pyrrole nitrogens is 1. The average Bonchev–Trinajstić information content (AvgIpc) is 3.34. The number of amides is 1. The highest BCUT2D eigenvalue weighted by molar-refractivity contribution is 5.79. The lowest BCUT2D eigenvalue weighted by molar-refractivity contribution is -0.138. The Morgan fingerprint density at radius 1 is 1.19 bits per heavy atom. The van der Waals surface area contributed by atoms with Crippen molar-refractivity contribution in [2.24, 2.45) is 5.92 Å². The number of aryl methyl sites for hydroxylation is 1. The number of carbonyl (C=O) groups excluding carboxylic acids is 1. The molecule has 6 nitrogen and oxygen atoms in total. The number of rotatable bonds is 4. The van der Waals surface area contributed by atoms with Crippen molar-refractivity contribution < 1.29 is 9.53 Å². The van der Waals surface area contributed by atoms with E-state index in [9.17, 15) is 4.79 Å². The Hall–Kier alpha value is -2.21. The Balaban J connectivity index is 1.43. The van der Waals surface area contributed by atoms with Crippen molar-refractivity contribution in [3.8, 4) is 0 Å². The average molecular weight is 368 g/mol. The van der Waals surface area contributed by atoms with Crippen LogP contribution in [0.15, 0.2) is 30.3 Å². The van der Waals surface area contributed by atoms with Gasteiger partial charge < -0.3 is 9.64 Å². The van der Waals surface area contributed by atoms with Gasteiger partial charge in [-0.1, -0.05) is 30.3 Å². The number of aromatic nitrogens is 3. The van der Waals surface area contributed by atoms with Gasteiger partial charge >= 0.3 is 0 Å². The van der Waals surface area contributed by atoms with E-state index in [1.54, 1.807) is 7.11 Å². The lowest BCUT2D eigenvalue weighted by Gasteiger charge is -2.32. The highest BCUT2D eigenvalue weighted by atomic mass is 16.5. The van der Waals surface area contributed by atoms with Crippen molar-refractivity contribution in [1.82, 2.24) is 20.1 Å². The summed E-state index contributed by atoms with van der Waals surface area (Å²) in [6, 6.07) is 10.6. The molecule has 4 rings (SSSR count). The number of hydrogen-bond acceptors (Lipinski definition) is 4. The molecule has 1 saturated heterocycles. The summed E-state index contributed by atoms with van der Waals surface area (Å²) >= 11 is 0. The summed E-state index contributed by atoms with van der Waals surface area (Å²) in [5.74, 6) is 2.41. The first-order valence-corrected chi connectivity index (χ1v) is 9.92. The molecule has 144 valence electrons. The van der Waals surface area contributed by atoms with Gasteiger partial charge in [0.2, 0.25) is 5.91 Å². The van der Waals surface area contributed by atoms with E-state index in [0.29, 0.717) is 18.3 Å². The van der Waals surface area contributed by atoms with Crippen LogP contribution in [0, 0.1) is 12.8 Å². The molecule has 2 heterocycles. The number of likely N-dealkylation sites (tertiary alicyclic amines) is 1. The summed E-state index contributed by atoms with van der Waals surface area (Å²) in [4.78, 5) is 19.7. The van der Waals surface area contributed by atoms with Crippen LogP contribution in [0.2, 0.25) is 0 Å². The zero-order valence-corrected chi connectivity index (χ0v) is 16.1. The van der Waals surface area contributed by atoms with Gasteiger partial charge in [-0.25, -0.2) is 4.98 Å². The van der Waals surface area contributed by atoms with E-state index in [0.717, 1.165) is 37.9 Å². The Morgan fingerprint density at radius 2 is 1.93 bits per heavy atom. The molecule has 1 amide bonds. The third-order valence-electron chi connectivity index (χ3n) is 6.14. The number of carbonyl (C=O) groups is 1. The maximum Gasteiger partial charge on any atom is 0.226 e. The van der Waals surface area contributed by atoms with Crippen LogP contribution in [0.5, 0.6) is 0 Å². The van der Waals surface area contributed by atoms with Gasteiger partial charge in [-0.15, -0.1) is 0 Å². The SMILES string of the molecule is CO[C@@H]1C[C@@H](c2n[nH]c(C)n2)N(C(=O)C2CCC(c3ccccc3)CC2)C1. The van der Waals surface area contributed by atoms with Gasteiger partial charge in [-0.3, -0.25) is 9.89 Å². The molecule has 2 atom stereocenters. The minimum absolute atomic E-state index is 0.0541. The van der Waals surface area contributed by atoms with Crippen LogP contribution in [0.4, 0.5) is 0 Å². The number of aromatic amines is 1. The zero-order valence-electron chi connectivity index (χ0n) is 16.1. The topological polar surface area (TPSA) is 71.1 Å². The molecule has 0 unspecified atom stereocenters. The number of nitrogens with zero attached hydrogens (tertiary/aromatic N) is 3. The Morgan fingerprint density at radius 3 is 2.56 bits per heavy atom. The molecular weight excluding hydrogens is 340 g/mol. The van der Waals surface area contributed by atoms with E-state index in [4.69, 9.17) is 4.74 Å². The zero-order chi connectivity index (χ0) is 18.8. The van der Waals surface area contributed by atoms with Crippen molar-refractivity contribution in [2.45, 2.75) is 57.1 Å². The van der Waals surface area contributed by atoms with Crippen molar-refractivity contribution in [2.75, 3.05) is 13.7 Å². The molecule has 2 aromatic rings. The summed E-state index contributed by atoms with van der Waals surface area (Å²) in [5.41, 5.74) is 1.40. The smallest absolute Gasteiger partial charge is 0.226 e. The lowest BCUT2D eigenvalue weighted by atomic mass is 9.78. The van der Waals surface area contributed by atoms with Gasteiger partial charge in [0.15, 0.2) is 5.82 Å². The molecule has 2 aliphatic rings. The van der Waals surface area contributed by atoms with Gasteiger partial charge in [-0.05, 0) is 44.1 Å². The summed E-state index contributed by atoms with van der Waals surface area (Å²) in [6.07, 6.45) is 4.87. The van der Waals surface area contributed by atoms with Crippen LogP contribution in [-0.4, -0.2) is 45.7 Å². The van der Waals surface area contributed by atoms with Gasteiger partial charge in [0.25, 0.3) is 0 Å². The van der Waals surface area contributed by atoms with Gasteiger partial charge in [-0.2, -0.15) is 5.10 Å². The fraction of sp³-hybridized carbons (Fsp3) is 0.571. The summed E-state index contributed by atoms with van der Waals surface area (Å²) in [6.45, 7) is 2.52. The number of ether oxygens (including phenoxy) is 1. The number of nitrogens with one attached hydrogen (secondary N) is 1. The fourth-order valence-corrected chi connectivity index (χ4v) is 4.60. The van der Waals surface area contributed by atoms with Crippen molar-refractivity contribution in [1.29, 1.82) is 0 Å². The maximum absolute atomic E-state index is 13.3. The van der Waals surface area contributed by atoms with Crippen LogP contribution in [0.3, 0.4) is 0 Å². The second-order valence-corrected chi connectivity index (χ2v) is 7.84. The first-order chi connectivity index (χ1) is 13.2. The number of hydrogen-bond donors (Lipinski definition) is 1. The predicted molar refractivity (Wildman–Crippen MR) is 102 cm³/mol. The van der Waals surface area contributed by atoms with Gasteiger partial charge in [0.1, 0.15) is 5.82 Å². The summed E-state index contributed by atoms with van der Waals surface area (Å²) < 4.78 is 5.55. The second kappa shape index (κ2) is 7.80. The Bertz CT molecular complexity index is 767. The highest BCUT2D eigenvalue weighted by Crippen LogP contribution is 2.39. The molecule has 1 aromatic carbocycles. The summed E-state index contributed by atoms with van der Waals surface area (Å²) in [7, 11) is 1.71. The molecule has 6 heteroatoms. The third kappa shape index (κ3) is 3.76. The van der Waals surface area contributed by atoms with Crippen LogP contribution in [0.25, 0.3) is 0 Å². The normalized spacial score (nSPS) is 28.4. The van der Waals surface area contributed by atoms with Crippen molar-refractivity contribution >= 4 is 5.91 Å². The predicted octanol–water partition coefficient (Wildman–Crippen LogP) is 3.38. The number of methoxy groups -OCH3 is 1.